The third-order valence-corrected chi connectivity index (χ3v) is 4.07. The third-order valence-electron chi connectivity index (χ3n) is 2.33. The first-order chi connectivity index (χ1) is 8.95. The van der Waals surface area contributed by atoms with Gasteiger partial charge in [-0.2, -0.15) is 13.2 Å². The topological polar surface area (TPSA) is 71.4 Å². The molecule has 0 aromatic heterocycles. The molecule has 1 rings (SSSR count). The molecule has 1 unspecified atom stereocenters. The molecule has 10 heteroatoms. The van der Waals surface area contributed by atoms with Gasteiger partial charge in [0.05, 0.1) is 10.6 Å². The van der Waals surface area contributed by atoms with Crippen LogP contribution in [0.2, 0.25) is 0 Å². The predicted octanol–water partition coefficient (Wildman–Crippen LogP) is 2.00. The van der Waals surface area contributed by atoms with E-state index in [2.05, 4.69) is 0 Å². The monoisotopic (exact) mass is 318 g/mol. The van der Waals surface area contributed by atoms with E-state index in [-0.39, 0.29) is 6.07 Å². The molecule has 112 valence electrons. The van der Waals surface area contributed by atoms with Crippen molar-refractivity contribution in [2.24, 2.45) is 5.92 Å². The van der Waals surface area contributed by atoms with Crippen molar-refractivity contribution in [2.75, 3.05) is 5.75 Å². The zero-order chi connectivity index (χ0) is 15.7. The van der Waals surface area contributed by atoms with Crippen LogP contribution in [0.25, 0.3) is 0 Å². The summed E-state index contributed by atoms with van der Waals surface area (Å²) in [6, 6.07) is 1.18. The highest BCUT2D eigenvalue weighted by atomic mass is 32.2. The van der Waals surface area contributed by atoms with Crippen molar-refractivity contribution in [1.82, 2.24) is 0 Å². The molecule has 0 spiro atoms. The Labute approximate surface area is 109 Å². The lowest BCUT2D eigenvalue weighted by atomic mass is 10.2. The molecule has 0 amide bonds. The smallest absolute Gasteiger partial charge is 0.403 e. The average molecular weight is 318 g/mol. The van der Waals surface area contributed by atoms with Gasteiger partial charge in [0, 0.05) is 0 Å². The summed E-state index contributed by atoms with van der Waals surface area (Å²) < 4.78 is 85.8. The van der Waals surface area contributed by atoms with Crippen molar-refractivity contribution in [3.05, 3.63) is 29.8 Å². The third kappa shape index (κ3) is 3.65. The van der Waals surface area contributed by atoms with Crippen molar-refractivity contribution in [3.63, 3.8) is 0 Å². The number of carboxylic acids is 1. The Hall–Kier alpha value is -1.71. The molecule has 0 aliphatic heterocycles. The van der Waals surface area contributed by atoms with Crippen molar-refractivity contribution in [2.45, 2.75) is 11.1 Å². The lowest BCUT2D eigenvalue weighted by molar-refractivity contribution is -0.189. The summed E-state index contributed by atoms with van der Waals surface area (Å²) in [5.41, 5.74) is 0. The van der Waals surface area contributed by atoms with E-state index in [9.17, 15) is 35.2 Å². The number of aliphatic carboxylic acids is 1. The summed E-state index contributed by atoms with van der Waals surface area (Å²) in [4.78, 5) is 9.53. The van der Waals surface area contributed by atoms with Crippen molar-refractivity contribution < 1.29 is 40.3 Å². The minimum absolute atomic E-state index is 0.194. The standard InChI is InChI=1S/C10H7F5O4S/c11-7-2-1-5(3-8(7)12)20(18,19)4-6(9(16)17)10(13,14)15/h1-3,6H,4H2,(H,16,17). The highest BCUT2D eigenvalue weighted by Gasteiger charge is 2.47. The maximum absolute atomic E-state index is 12.9. The van der Waals surface area contributed by atoms with Gasteiger partial charge in [0.2, 0.25) is 0 Å². The number of carbonyl (C=O) groups is 1. The van der Waals surface area contributed by atoms with Gasteiger partial charge in [0.15, 0.2) is 27.4 Å². The summed E-state index contributed by atoms with van der Waals surface area (Å²) in [5.74, 6) is -10.3. The Morgan fingerprint density at radius 1 is 1.20 bits per heavy atom. The quantitative estimate of drug-likeness (QED) is 0.681. The average Bonchev–Trinajstić information content (AvgIpc) is 2.27. The second-order valence-corrected chi connectivity index (χ2v) is 5.82. The molecule has 20 heavy (non-hydrogen) atoms. The van der Waals surface area contributed by atoms with Gasteiger partial charge in [-0.3, -0.25) is 4.79 Å². The Morgan fingerprint density at radius 3 is 2.15 bits per heavy atom. The van der Waals surface area contributed by atoms with E-state index in [0.717, 1.165) is 0 Å². The molecule has 1 atom stereocenters. The van der Waals surface area contributed by atoms with Crippen molar-refractivity contribution in [1.29, 1.82) is 0 Å². The van der Waals surface area contributed by atoms with Crippen LogP contribution in [0.5, 0.6) is 0 Å². The molecule has 0 saturated heterocycles. The van der Waals surface area contributed by atoms with E-state index in [1.165, 1.54) is 0 Å². The van der Waals surface area contributed by atoms with Crippen molar-refractivity contribution in [3.8, 4) is 0 Å². The number of carboxylic acid groups (broad SMARTS) is 1. The van der Waals surface area contributed by atoms with Gasteiger partial charge >= 0.3 is 12.1 Å². The fraction of sp³-hybridized carbons (Fsp3) is 0.300. The molecular formula is C10H7F5O4S. The molecule has 0 heterocycles. The van der Waals surface area contributed by atoms with Crippen LogP contribution in [0.15, 0.2) is 23.1 Å². The van der Waals surface area contributed by atoms with Crippen LogP contribution in [0.3, 0.4) is 0 Å². The number of sulfone groups is 1. The Kier molecular flexibility index (Phi) is 4.37. The number of rotatable bonds is 4. The SMILES string of the molecule is O=C(O)C(CS(=O)(=O)c1ccc(F)c(F)c1)C(F)(F)F. The van der Waals surface area contributed by atoms with Gasteiger partial charge in [-0.1, -0.05) is 0 Å². The van der Waals surface area contributed by atoms with E-state index in [1.807, 2.05) is 0 Å². The summed E-state index contributed by atoms with van der Waals surface area (Å²) in [5, 5.41) is 8.40. The van der Waals surface area contributed by atoms with Crippen LogP contribution in [0.1, 0.15) is 0 Å². The molecule has 1 aromatic carbocycles. The van der Waals surface area contributed by atoms with Gasteiger partial charge < -0.3 is 5.11 Å². The number of halogens is 5. The zero-order valence-electron chi connectivity index (χ0n) is 9.49. The first-order valence-electron chi connectivity index (χ1n) is 4.92. The van der Waals surface area contributed by atoms with E-state index >= 15 is 0 Å². The second kappa shape index (κ2) is 5.35. The number of benzene rings is 1. The first kappa shape index (κ1) is 16.3. The summed E-state index contributed by atoms with van der Waals surface area (Å²) in [6.07, 6.45) is -5.28. The molecule has 0 bridgehead atoms. The van der Waals surface area contributed by atoms with Crippen LogP contribution in [-0.4, -0.2) is 31.4 Å². The summed E-state index contributed by atoms with van der Waals surface area (Å²) >= 11 is 0. The Bertz CT molecular complexity index is 623. The lowest BCUT2D eigenvalue weighted by Gasteiger charge is -2.16. The van der Waals surface area contributed by atoms with E-state index in [1.54, 1.807) is 0 Å². The fourth-order valence-electron chi connectivity index (χ4n) is 1.29. The molecule has 0 radical (unpaired) electrons. The van der Waals surface area contributed by atoms with Crippen LogP contribution in [-0.2, 0) is 14.6 Å². The predicted molar refractivity (Wildman–Crippen MR) is 55.6 cm³/mol. The minimum Gasteiger partial charge on any atom is -0.481 e. The molecule has 0 fully saturated rings. The summed E-state index contributed by atoms with van der Waals surface area (Å²) in [7, 11) is -4.73. The number of alkyl halides is 3. The first-order valence-corrected chi connectivity index (χ1v) is 6.57. The fourth-order valence-corrected chi connectivity index (χ4v) is 2.81. The maximum atomic E-state index is 12.9. The molecule has 1 N–H and O–H groups in total. The molecular weight excluding hydrogens is 311 g/mol. The van der Waals surface area contributed by atoms with Crippen molar-refractivity contribution >= 4 is 15.8 Å². The Balaban J connectivity index is 3.16. The van der Waals surface area contributed by atoms with E-state index in [0.29, 0.717) is 12.1 Å². The van der Waals surface area contributed by atoms with Gasteiger partial charge in [0.25, 0.3) is 0 Å². The maximum Gasteiger partial charge on any atom is 0.403 e. The highest BCUT2D eigenvalue weighted by Crippen LogP contribution is 2.29. The van der Waals surface area contributed by atoms with E-state index in [4.69, 9.17) is 5.11 Å². The largest absolute Gasteiger partial charge is 0.481 e. The summed E-state index contributed by atoms with van der Waals surface area (Å²) in [6.45, 7) is 0. The molecule has 0 aliphatic carbocycles. The minimum atomic E-state index is -5.28. The number of hydrogen-bond donors (Lipinski definition) is 1. The molecule has 0 saturated carbocycles. The van der Waals surface area contributed by atoms with Crippen LogP contribution < -0.4 is 0 Å². The molecule has 0 aliphatic rings. The lowest BCUT2D eigenvalue weighted by Crippen LogP contribution is -2.36. The highest BCUT2D eigenvalue weighted by molar-refractivity contribution is 7.91. The molecule has 4 nitrogen and oxygen atoms in total. The van der Waals surface area contributed by atoms with Gasteiger partial charge in [-0.25, -0.2) is 17.2 Å². The van der Waals surface area contributed by atoms with Crippen LogP contribution in [0, 0.1) is 17.6 Å². The zero-order valence-corrected chi connectivity index (χ0v) is 10.3. The van der Waals surface area contributed by atoms with Crippen LogP contribution in [0.4, 0.5) is 22.0 Å². The molecule has 1 aromatic rings. The Morgan fingerprint density at radius 2 is 1.75 bits per heavy atom. The van der Waals surface area contributed by atoms with Gasteiger partial charge in [-0.05, 0) is 18.2 Å². The number of hydrogen-bond acceptors (Lipinski definition) is 3. The van der Waals surface area contributed by atoms with Gasteiger partial charge in [-0.15, -0.1) is 0 Å². The van der Waals surface area contributed by atoms with E-state index < -0.39 is 50.2 Å². The van der Waals surface area contributed by atoms with Gasteiger partial charge in [0.1, 0.15) is 0 Å². The van der Waals surface area contributed by atoms with Crippen LogP contribution >= 0.6 is 0 Å². The second-order valence-electron chi connectivity index (χ2n) is 3.79. The normalized spacial score (nSPS) is 14.1.